The van der Waals surface area contributed by atoms with Crippen molar-refractivity contribution in [2.45, 2.75) is 206 Å². The van der Waals surface area contributed by atoms with Gasteiger partial charge in [-0.05, 0) is 200 Å². The highest BCUT2D eigenvalue weighted by Crippen LogP contribution is 2.16. The lowest BCUT2D eigenvalue weighted by Gasteiger charge is -2.16. The average Bonchev–Trinajstić information content (AvgIpc) is 3.18. The molecule has 2 heteroatoms. The molecule has 0 fully saturated rings. The van der Waals surface area contributed by atoms with Gasteiger partial charge in [0.05, 0.1) is 12.2 Å². The van der Waals surface area contributed by atoms with Crippen LogP contribution >= 0.6 is 0 Å². The predicted octanol–water partition coefficient (Wildman–Crippen LogP) is 19.2. The van der Waals surface area contributed by atoms with Crippen LogP contribution in [-0.4, -0.2) is 22.4 Å². The number of hydrogen-bond donors (Lipinski definition) is 2. The maximum Gasteiger partial charge on any atom is 0.0800 e. The van der Waals surface area contributed by atoms with Gasteiger partial charge in [0.1, 0.15) is 0 Å². The lowest BCUT2D eigenvalue weighted by atomic mass is 9.99. The zero-order valence-electron chi connectivity index (χ0n) is 43.5. The number of aliphatic hydroxyl groups excluding tert-OH is 1. The van der Waals surface area contributed by atoms with Crippen LogP contribution in [0.5, 0.6) is 0 Å². The van der Waals surface area contributed by atoms with E-state index in [4.69, 9.17) is 5.11 Å². The Labute approximate surface area is 387 Å². The molecule has 0 rings (SSSR count). The average molecular weight is 853 g/mol. The van der Waals surface area contributed by atoms with Crippen LogP contribution < -0.4 is 0 Å². The monoisotopic (exact) mass is 853 g/mol. The Hall–Kier alpha value is -3.72. The van der Waals surface area contributed by atoms with Gasteiger partial charge in [-0.1, -0.05) is 160 Å². The molecular formula is C60H100O2. The van der Waals surface area contributed by atoms with Crippen LogP contribution in [0.4, 0.5) is 0 Å². The van der Waals surface area contributed by atoms with Crippen molar-refractivity contribution >= 4 is 0 Å². The molecule has 62 heavy (non-hydrogen) atoms. The summed E-state index contributed by atoms with van der Waals surface area (Å²) in [5, 5.41) is 18.4. The molecule has 0 aliphatic heterocycles. The van der Waals surface area contributed by atoms with E-state index < -0.39 is 5.60 Å². The van der Waals surface area contributed by atoms with Gasteiger partial charge in [-0.15, -0.1) is 6.58 Å². The number of hydrogen-bond acceptors (Lipinski definition) is 2. The quantitative estimate of drug-likeness (QED) is 0.0638. The van der Waals surface area contributed by atoms with Gasteiger partial charge in [-0.25, -0.2) is 0 Å². The van der Waals surface area contributed by atoms with Gasteiger partial charge in [0.2, 0.25) is 0 Å². The van der Waals surface area contributed by atoms with Crippen LogP contribution in [0, 0.1) is 0 Å². The van der Waals surface area contributed by atoms with E-state index >= 15 is 0 Å². The zero-order chi connectivity index (χ0) is 48.4. The number of allylic oxidation sites excluding steroid dienone is 22. The zero-order valence-corrected chi connectivity index (χ0v) is 43.5. The standard InChI is InChI=1S/2C15H26O.2C15H24/c1-13(2)7-5-8-14(3)9-6-10-15(4)11-12-16;1-6-15(5,16)12-8-11-14(4)10-7-9-13(2)3;2*1-6-14(4)10-8-12-15(5)11-7-9-13(2)3/h7,9,11,16H,5-6,8,10,12H2,1-4H3;6,9,11,16H,1,7-8,10,12H2,2-5H3;6,9-10,12H,1,7-8,11H2,2-5H3;6,9,12H,1,4,7-8,10-11H2,2-3,5H3/b14-9+,15-11+;14-11+;14-10+,15-12+;15-12+. The summed E-state index contributed by atoms with van der Waals surface area (Å²) in [6, 6.07) is 0. The van der Waals surface area contributed by atoms with Crippen LogP contribution in [0.15, 0.2) is 167 Å². The van der Waals surface area contributed by atoms with Crippen molar-refractivity contribution < 1.29 is 10.2 Å². The molecule has 1 unspecified atom stereocenters. The van der Waals surface area contributed by atoms with Crippen LogP contribution in [0.3, 0.4) is 0 Å². The van der Waals surface area contributed by atoms with Crippen molar-refractivity contribution in [3.05, 3.63) is 167 Å². The van der Waals surface area contributed by atoms with Crippen molar-refractivity contribution in [1.29, 1.82) is 0 Å². The second-order valence-electron chi connectivity index (χ2n) is 18.1. The first-order chi connectivity index (χ1) is 29.0. The smallest absolute Gasteiger partial charge is 0.0800 e. The molecule has 0 spiro atoms. The topological polar surface area (TPSA) is 40.5 Å². The molecule has 0 heterocycles. The van der Waals surface area contributed by atoms with E-state index in [0.29, 0.717) is 0 Å². The highest BCUT2D eigenvalue weighted by Gasteiger charge is 2.13. The Morgan fingerprint density at radius 2 is 0.742 bits per heavy atom. The Kier molecular flexibility index (Phi) is 46.0. The van der Waals surface area contributed by atoms with E-state index in [1.807, 2.05) is 18.2 Å². The molecule has 0 aromatic carbocycles. The van der Waals surface area contributed by atoms with Crippen molar-refractivity contribution in [3.8, 4) is 0 Å². The Morgan fingerprint density at radius 3 is 1.06 bits per heavy atom. The first-order valence-electron chi connectivity index (χ1n) is 23.4. The summed E-state index contributed by atoms with van der Waals surface area (Å²) < 4.78 is 0. The van der Waals surface area contributed by atoms with Gasteiger partial charge < -0.3 is 10.2 Å². The van der Waals surface area contributed by atoms with Gasteiger partial charge >= 0.3 is 0 Å². The first-order valence-corrected chi connectivity index (χ1v) is 23.4. The molecule has 0 amide bonds. The highest BCUT2D eigenvalue weighted by atomic mass is 16.3. The van der Waals surface area contributed by atoms with E-state index in [1.54, 1.807) is 13.0 Å². The minimum atomic E-state index is -0.726. The van der Waals surface area contributed by atoms with Crippen molar-refractivity contribution in [2.24, 2.45) is 0 Å². The fourth-order valence-electron chi connectivity index (χ4n) is 5.41. The second-order valence-corrected chi connectivity index (χ2v) is 18.1. The van der Waals surface area contributed by atoms with Crippen molar-refractivity contribution in [1.82, 2.24) is 0 Å². The molecule has 2 nitrogen and oxygen atoms in total. The van der Waals surface area contributed by atoms with E-state index in [1.165, 1.54) is 68.6 Å². The summed E-state index contributed by atoms with van der Waals surface area (Å²) in [4.78, 5) is 0. The van der Waals surface area contributed by atoms with Crippen LogP contribution in [-0.2, 0) is 0 Å². The molecule has 0 radical (unpaired) electrons. The molecule has 1 atom stereocenters. The van der Waals surface area contributed by atoms with Crippen molar-refractivity contribution in [3.63, 3.8) is 0 Å². The third-order valence-corrected chi connectivity index (χ3v) is 9.89. The molecule has 0 aromatic rings. The Morgan fingerprint density at radius 1 is 0.419 bits per heavy atom. The molecule has 2 N–H and O–H groups in total. The number of aliphatic hydroxyl groups is 2. The molecule has 352 valence electrons. The minimum absolute atomic E-state index is 0.162. The van der Waals surface area contributed by atoms with Gasteiger partial charge in [0.25, 0.3) is 0 Å². The fourth-order valence-corrected chi connectivity index (χ4v) is 5.41. The van der Waals surface area contributed by atoms with Crippen LogP contribution in [0.1, 0.15) is 200 Å². The van der Waals surface area contributed by atoms with E-state index in [0.717, 1.165) is 89.0 Å². The minimum Gasteiger partial charge on any atom is -0.392 e. The summed E-state index contributed by atoms with van der Waals surface area (Å²) in [7, 11) is 0. The molecule has 0 saturated heterocycles. The maximum atomic E-state index is 9.73. The fraction of sp³-hybridized carbons (Fsp3) is 0.533. The Balaban J connectivity index is -0.000000362. The van der Waals surface area contributed by atoms with Gasteiger partial charge in [0, 0.05) is 0 Å². The van der Waals surface area contributed by atoms with E-state index in [2.05, 4.69) is 178 Å². The summed E-state index contributed by atoms with van der Waals surface area (Å²) in [5.74, 6) is 0. The molecule has 0 saturated carbocycles. The van der Waals surface area contributed by atoms with Crippen LogP contribution in [0.2, 0.25) is 0 Å². The third kappa shape index (κ3) is 56.3. The first kappa shape index (κ1) is 64.9. The Bertz CT molecular complexity index is 1530. The largest absolute Gasteiger partial charge is 0.392 e. The second kappa shape index (κ2) is 43.9. The highest BCUT2D eigenvalue weighted by molar-refractivity contribution is 5.16. The van der Waals surface area contributed by atoms with E-state index in [9.17, 15) is 5.11 Å². The van der Waals surface area contributed by atoms with Crippen molar-refractivity contribution in [2.75, 3.05) is 6.61 Å². The maximum absolute atomic E-state index is 9.73. The third-order valence-electron chi connectivity index (χ3n) is 9.89. The molecular weight excluding hydrogens is 753 g/mol. The molecule has 0 aliphatic carbocycles. The summed E-state index contributed by atoms with van der Waals surface area (Å²) in [6.45, 7) is 46.9. The normalized spacial score (nSPS) is 13.0. The summed E-state index contributed by atoms with van der Waals surface area (Å²) >= 11 is 0. The van der Waals surface area contributed by atoms with Gasteiger partial charge in [-0.3, -0.25) is 0 Å². The number of rotatable bonds is 27. The lowest BCUT2D eigenvalue weighted by molar-refractivity contribution is 0.103. The van der Waals surface area contributed by atoms with Gasteiger partial charge in [-0.2, -0.15) is 0 Å². The lowest BCUT2D eigenvalue weighted by Crippen LogP contribution is -2.19. The summed E-state index contributed by atoms with van der Waals surface area (Å²) in [5.41, 5.74) is 14.3. The summed E-state index contributed by atoms with van der Waals surface area (Å²) in [6.07, 6.45) is 43.9. The molecule has 0 bridgehead atoms. The molecule has 0 aliphatic rings. The molecule has 0 aromatic heterocycles. The SMILES string of the molecule is C=C/C(C)=C/C/C=C(\C)CCC=C(C)C.C=CC(=C)CC/C=C(\C)CCC=C(C)C.C=CC(C)(O)CC/C=C(\C)CCC=C(C)C.CC(C)=CCC/C(C)=C/CC/C(C)=C/CO. The van der Waals surface area contributed by atoms with Crippen LogP contribution in [0.25, 0.3) is 0 Å². The van der Waals surface area contributed by atoms with E-state index in [-0.39, 0.29) is 6.61 Å². The predicted molar refractivity (Wildman–Crippen MR) is 287 cm³/mol. The van der Waals surface area contributed by atoms with Gasteiger partial charge in [0.15, 0.2) is 0 Å².